The summed E-state index contributed by atoms with van der Waals surface area (Å²) in [6.45, 7) is 5.05. The number of aliphatic hydroxyl groups is 1. The lowest BCUT2D eigenvalue weighted by Gasteiger charge is -2.35. The zero-order chi connectivity index (χ0) is 14.7. The minimum absolute atomic E-state index is 0.465. The van der Waals surface area contributed by atoms with Gasteiger partial charge in [0.2, 0.25) is 0 Å². The molecule has 0 spiro atoms. The van der Waals surface area contributed by atoms with E-state index in [0.717, 1.165) is 35.3 Å². The first-order valence-corrected chi connectivity index (χ1v) is 7.72. The van der Waals surface area contributed by atoms with Gasteiger partial charge in [-0.15, -0.1) is 0 Å². The summed E-state index contributed by atoms with van der Waals surface area (Å²) in [4.78, 5) is 4.63. The minimum atomic E-state index is -0.465. The van der Waals surface area contributed by atoms with Gasteiger partial charge >= 0.3 is 0 Å². The maximum absolute atomic E-state index is 9.59. The Labute approximate surface area is 127 Å². The highest BCUT2D eigenvalue weighted by Crippen LogP contribution is 2.32. The Balaban J connectivity index is 2.00. The van der Waals surface area contributed by atoms with Crippen molar-refractivity contribution < 1.29 is 5.11 Å². The number of nitrogens with zero attached hydrogens (tertiary/aromatic N) is 2. The molecule has 0 bridgehead atoms. The average molecular weight is 297 g/mol. The molecule has 1 fully saturated rings. The quantitative estimate of drug-likeness (QED) is 0.924. The number of hydrogen-bond donors (Lipinski definition) is 1. The van der Waals surface area contributed by atoms with E-state index in [1.165, 1.54) is 19.4 Å². The molecule has 0 unspecified atom stereocenters. The summed E-state index contributed by atoms with van der Waals surface area (Å²) in [5, 5.41) is 10.3. The smallest absolute Gasteiger partial charge is 0.0762 e. The Bertz CT molecular complexity index is 440. The van der Waals surface area contributed by atoms with Gasteiger partial charge in [-0.05, 0) is 57.5 Å². The molecule has 112 valence electrons. The van der Waals surface area contributed by atoms with Crippen LogP contribution < -0.4 is 4.90 Å². The summed E-state index contributed by atoms with van der Waals surface area (Å²) in [5.41, 5.74) is 1.97. The van der Waals surface area contributed by atoms with Gasteiger partial charge in [-0.25, -0.2) is 0 Å². The predicted octanol–water partition coefficient (Wildman–Crippen LogP) is 3.17. The number of halogens is 1. The summed E-state index contributed by atoms with van der Waals surface area (Å²) in [6, 6.07) is 5.89. The predicted molar refractivity (Wildman–Crippen MR) is 85.6 cm³/mol. The van der Waals surface area contributed by atoms with Crippen LogP contribution in [0.4, 0.5) is 5.69 Å². The lowest BCUT2D eigenvalue weighted by atomic mass is 9.96. The van der Waals surface area contributed by atoms with Gasteiger partial charge in [0, 0.05) is 19.6 Å². The van der Waals surface area contributed by atoms with Crippen LogP contribution in [0.25, 0.3) is 0 Å². The number of hydrogen-bond acceptors (Lipinski definition) is 3. The topological polar surface area (TPSA) is 26.7 Å². The third kappa shape index (κ3) is 3.87. The summed E-state index contributed by atoms with van der Waals surface area (Å²) in [6.07, 6.45) is 1.96. The monoisotopic (exact) mass is 296 g/mol. The summed E-state index contributed by atoms with van der Waals surface area (Å²) in [5.74, 6) is 0.789. The number of benzene rings is 1. The lowest BCUT2D eigenvalue weighted by molar-refractivity contribution is 0.199. The van der Waals surface area contributed by atoms with E-state index in [-0.39, 0.29) is 0 Å². The van der Waals surface area contributed by atoms with E-state index in [2.05, 4.69) is 23.9 Å². The molecule has 0 aliphatic carbocycles. The number of rotatable bonds is 4. The normalized spacial score (nSPS) is 18.6. The Morgan fingerprint density at radius 1 is 1.35 bits per heavy atom. The van der Waals surface area contributed by atoms with Gasteiger partial charge < -0.3 is 14.9 Å². The Hall–Kier alpha value is -0.770. The van der Waals surface area contributed by atoms with Gasteiger partial charge in [0.25, 0.3) is 0 Å². The molecule has 1 heterocycles. The number of anilines is 1. The second-order valence-corrected chi connectivity index (χ2v) is 6.49. The van der Waals surface area contributed by atoms with E-state index in [0.29, 0.717) is 0 Å². The van der Waals surface area contributed by atoms with Gasteiger partial charge in [0.15, 0.2) is 0 Å². The van der Waals surface area contributed by atoms with Crippen molar-refractivity contribution >= 4 is 17.3 Å². The van der Waals surface area contributed by atoms with Crippen molar-refractivity contribution in [2.75, 3.05) is 38.6 Å². The molecule has 0 saturated carbocycles. The first-order valence-electron chi connectivity index (χ1n) is 7.34. The highest BCUT2D eigenvalue weighted by Gasteiger charge is 2.21. The maximum Gasteiger partial charge on any atom is 0.0762 e. The zero-order valence-corrected chi connectivity index (χ0v) is 13.4. The zero-order valence-electron chi connectivity index (χ0n) is 12.6. The van der Waals surface area contributed by atoms with E-state index < -0.39 is 6.10 Å². The van der Waals surface area contributed by atoms with E-state index in [1.807, 2.05) is 18.2 Å². The molecule has 1 saturated heterocycles. The van der Waals surface area contributed by atoms with Gasteiger partial charge in [0.05, 0.1) is 16.8 Å². The fraction of sp³-hybridized carbons (Fsp3) is 0.625. The van der Waals surface area contributed by atoms with Gasteiger partial charge in [-0.2, -0.15) is 0 Å². The van der Waals surface area contributed by atoms with Crippen molar-refractivity contribution in [1.82, 2.24) is 4.90 Å². The molecule has 1 atom stereocenters. The van der Waals surface area contributed by atoms with Crippen LogP contribution in [0.1, 0.15) is 31.4 Å². The molecule has 0 aromatic heterocycles. The van der Waals surface area contributed by atoms with Crippen molar-refractivity contribution in [3.05, 3.63) is 28.8 Å². The highest BCUT2D eigenvalue weighted by atomic mass is 35.5. The highest BCUT2D eigenvalue weighted by molar-refractivity contribution is 6.33. The van der Waals surface area contributed by atoms with Crippen molar-refractivity contribution in [3.63, 3.8) is 0 Å². The number of piperidine rings is 1. The van der Waals surface area contributed by atoms with Crippen molar-refractivity contribution in [1.29, 1.82) is 0 Å². The molecular weight excluding hydrogens is 272 g/mol. The van der Waals surface area contributed by atoms with Gasteiger partial charge in [0.1, 0.15) is 0 Å². The molecule has 20 heavy (non-hydrogen) atoms. The van der Waals surface area contributed by atoms with E-state index >= 15 is 0 Å². The third-order valence-corrected chi connectivity index (χ3v) is 4.34. The standard InChI is InChI=1S/C16H25ClN2O/c1-12(20)14-4-5-16(15(17)10-14)19-8-6-13(7-9-19)11-18(2)3/h4-5,10,12-13,20H,6-9,11H2,1-3H3/t12-/m1/s1. The fourth-order valence-corrected chi connectivity index (χ4v) is 3.22. The van der Waals surface area contributed by atoms with E-state index in [4.69, 9.17) is 11.6 Å². The molecule has 1 aliphatic heterocycles. The van der Waals surface area contributed by atoms with Crippen molar-refractivity contribution in [2.24, 2.45) is 5.92 Å². The maximum atomic E-state index is 9.59. The fourth-order valence-electron chi connectivity index (χ4n) is 2.91. The van der Waals surface area contributed by atoms with Crippen molar-refractivity contribution in [2.45, 2.75) is 25.9 Å². The molecule has 0 amide bonds. The Morgan fingerprint density at radius 3 is 2.50 bits per heavy atom. The molecular formula is C16H25ClN2O. The molecule has 1 aliphatic rings. The van der Waals surface area contributed by atoms with Crippen LogP contribution in [0.3, 0.4) is 0 Å². The van der Waals surface area contributed by atoms with Gasteiger partial charge in [-0.3, -0.25) is 0 Å². The second kappa shape index (κ2) is 6.79. The molecule has 2 rings (SSSR count). The Morgan fingerprint density at radius 2 is 2.00 bits per heavy atom. The lowest BCUT2D eigenvalue weighted by Crippen LogP contribution is -2.37. The Kier molecular flexibility index (Phi) is 5.30. The van der Waals surface area contributed by atoms with Crippen LogP contribution in [0.15, 0.2) is 18.2 Å². The van der Waals surface area contributed by atoms with Crippen LogP contribution in [0.5, 0.6) is 0 Å². The first kappa shape index (κ1) is 15.6. The molecule has 1 N–H and O–H groups in total. The van der Waals surface area contributed by atoms with E-state index in [1.54, 1.807) is 6.92 Å². The third-order valence-electron chi connectivity index (χ3n) is 4.03. The van der Waals surface area contributed by atoms with Crippen LogP contribution in [0, 0.1) is 5.92 Å². The molecule has 1 aromatic carbocycles. The average Bonchev–Trinajstić information content (AvgIpc) is 2.39. The molecule has 0 radical (unpaired) electrons. The van der Waals surface area contributed by atoms with Crippen LogP contribution in [-0.4, -0.2) is 43.7 Å². The molecule has 3 nitrogen and oxygen atoms in total. The summed E-state index contributed by atoms with van der Waals surface area (Å²) in [7, 11) is 4.27. The molecule has 1 aromatic rings. The van der Waals surface area contributed by atoms with Crippen LogP contribution in [0.2, 0.25) is 5.02 Å². The summed E-state index contributed by atoms with van der Waals surface area (Å²) >= 11 is 6.37. The second-order valence-electron chi connectivity index (χ2n) is 6.08. The molecule has 4 heteroatoms. The van der Waals surface area contributed by atoms with Crippen molar-refractivity contribution in [3.8, 4) is 0 Å². The number of aliphatic hydroxyl groups excluding tert-OH is 1. The van der Waals surface area contributed by atoms with Crippen LogP contribution >= 0.6 is 11.6 Å². The summed E-state index contributed by atoms with van der Waals surface area (Å²) < 4.78 is 0. The largest absolute Gasteiger partial charge is 0.389 e. The SMILES string of the molecule is C[C@@H](O)c1ccc(N2CCC(CN(C)C)CC2)c(Cl)c1. The van der Waals surface area contributed by atoms with Crippen LogP contribution in [-0.2, 0) is 0 Å². The first-order chi connectivity index (χ1) is 9.47. The minimum Gasteiger partial charge on any atom is -0.389 e. The van der Waals surface area contributed by atoms with Gasteiger partial charge in [-0.1, -0.05) is 17.7 Å². The van der Waals surface area contributed by atoms with E-state index in [9.17, 15) is 5.11 Å².